The number of aryl methyl sites for hydroxylation is 3. The number of ether oxygens (including phenoxy) is 2. The van der Waals surface area contributed by atoms with Crippen LogP contribution in [0.1, 0.15) is 48.7 Å². The summed E-state index contributed by atoms with van der Waals surface area (Å²) in [5.41, 5.74) is 4.86. The first kappa shape index (κ1) is 25.2. The third-order valence-corrected chi connectivity index (χ3v) is 5.66. The predicted octanol–water partition coefficient (Wildman–Crippen LogP) is 7.07. The highest BCUT2D eigenvalue weighted by atomic mass is 19.1. The third kappa shape index (κ3) is 5.38. The van der Waals surface area contributed by atoms with Crippen molar-refractivity contribution >= 4 is 11.8 Å². The Morgan fingerprint density at radius 2 is 1.68 bits per heavy atom. The Bertz CT molecular complexity index is 1220. The van der Waals surface area contributed by atoms with Crippen molar-refractivity contribution in [3.63, 3.8) is 0 Å². The summed E-state index contributed by atoms with van der Waals surface area (Å²) in [4.78, 5) is 19.4. The van der Waals surface area contributed by atoms with Crippen LogP contribution in [0.4, 0.5) is 14.9 Å². The number of hydrogen-bond acceptors (Lipinski definition) is 4. The number of benzene rings is 2. The Kier molecular flexibility index (Phi) is 7.29. The first-order valence-electron chi connectivity index (χ1n) is 11.3. The maximum absolute atomic E-state index is 15.3. The Morgan fingerprint density at radius 3 is 2.29 bits per heavy atom. The molecule has 5 nitrogen and oxygen atoms in total. The van der Waals surface area contributed by atoms with Gasteiger partial charge in [-0.1, -0.05) is 24.3 Å². The van der Waals surface area contributed by atoms with Crippen molar-refractivity contribution in [3.8, 4) is 16.9 Å². The van der Waals surface area contributed by atoms with Crippen LogP contribution >= 0.6 is 0 Å². The molecule has 0 N–H and O–H groups in total. The second kappa shape index (κ2) is 9.84. The minimum Gasteiger partial charge on any atom is -0.496 e. The summed E-state index contributed by atoms with van der Waals surface area (Å²) < 4.78 is 26.5. The lowest BCUT2D eigenvalue weighted by Gasteiger charge is -2.28. The summed E-state index contributed by atoms with van der Waals surface area (Å²) >= 11 is 0. The Balaban J connectivity index is 2.16. The van der Waals surface area contributed by atoms with Crippen LogP contribution in [-0.2, 0) is 11.3 Å². The van der Waals surface area contributed by atoms with Gasteiger partial charge in [-0.15, -0.1) is 0 Å². The minimum atomic E-state index is -0.698. The van der Waals surface area contributed by atoms with Gasteiger partial charge in [-0.25, -0.2) is 9.18 Å². The number of carbonyl (C=O) groups is 1. The highest BCUT2D eigenvalue weighted by molar-refractivity contribution is 5.89. The van der Waals surface area contributed by atoms with E-state index in [9.17, 15) is 4.79 Å². The van der Waals surface area contributed by atoms with Crippen LogP contribution in [0.5, 0.6) is 5.75 Å². The van der Waals surface area contributed by atoms with Gasteiger partial charge in [-0.2, -0.15) is 0 Å². The molecule has 0 fully saturated rings. The molecule has 3 aromatic rings. The summed E-state index contributed by atoms with van der Waals surface area (Å²) in [6.07, 6.45) is 1.19. The lowest BCUT2D eigenvalue weighted by Crippen LogP contribution is -2.37. The molecule has 0 spiro atoms. The topological polar surface area (TPSA) is 51.7 Å². The fourth-order valence-electron chi connectivity index (χ4n) is 3.94. The monoisotopic (exact) mass is 464 g/mol. The number of carbonyl (C=O) groups excluding carboxylic acids is 1. The van der Waals surface area contributed by atoms with Gasteiger partial charge >= 0.3 is 6.09 Å². The average Bonchev–Trinajstić information content (AvgIpc) is 2.75. The molecule has 2 aromatic carbocycles. The molecule has 6 heteroatoms. The van der Waals surface area contributed by atoms with Crippen molar-refractivity contribution in [2.75, 3.05) is 12.0 Å². The van der Waals surface area contributed by atoms with E-state index in [0.29, 0.717) is 22.5 Å². The lowest BCUT2D eigenvalue weighted by atomic mass is 9.97. The van der Waals surface area contributed by atoms with Crippen LogP contribution in [0.2, 0.25) is 0 Å². The number of halogens is 1. The molecule has 0 aliphatic carbocycles. The molecule has 180 valence electrons. The molecule has 3 rings (SSSR count). The minimum absolute atomic E-state index is 0.148. The molecule has 34 heavy (non-hydrogen) atoms. The van der Waals surface area contributed by atoms with E-state index in [-0.39, 0.29) is 12.4 Å². The first-order chi connectivity index (χ1) is 15.9. The smallest absolute Gasteiger partial charge is 0.415 e. The molecule has 0 unspecified atom stereocenters. The van der Waals surface area contributed by atoms with Crippen LogP contribution in [0.15, 0.2) is 42.6 Å². The number of aromatic nitrogens is 1. The quantitative estimate of drug-likeness (QED) is 0.405. The van der Waals surface area contributed by atoms with Crippen LogP contribution in [0.3, 0.4) is 0 Å². The van der Waals surface area contributed by atoms with Gasteiger partial charge < -0.3 is 9.47 Å². The number of nitrogens with zero attached hydrogens (tertiary/aromatic N) is 2. The van der Waals surface area contributed by atoms with E-state index in [2.05, 4.69) is 4.98 Å². The second-order valence-corrected chi connectivity index (χ2v) is 9.55. The molecular formula is C28H33FN2O3. The molecule has 0 saturated carbocycles. The fourth-order valence-corrected chi connectivity index (χ4v) is 3.94. The van der Waals surface area contributed by atoms with E-state index in [1.54, 1.807) is 32.4 Å². The molecule has 1 amide bonds. The second-order valence-electron chi connectivity index (χ2n) is 9.55. The highest BCUT2D eigenvalue weighted by Gasteiger charge is 2.27. The highest BCUT2D eigenvalue weighted by Crippen LogP contribution is 2.34. The van der Waals surface area contributed by atoms with Gasteiger partial charge in [0.25, 0.3) is 0 Å². The van der Waals surface area contributed by atoms with Gasteiger partial charge in [0.2, 0.25) is 0 Å². The first-order valence-corrected chi connectivity index (χ1v) is 11.3. The molecule has 0 aliphatic rings. The van der Waals surface area contributed by atoms with E-state index in [1.807, 2.05) is 65.8 Å². The van der Waals surface area contributed by atoms with Crippen LogP contribution in [0.25, 0.3) is 11.1 Å². The van der Waals surface area contributed by atoms with Crippen molar-refractivity contribution in [2.45, 2.75) is 60.6 Å². The maximum Gasteiger partial charge on any atom is 0.415 e. The van der Waals surface area contributed by atoms with Crippen LogP contribution < -0.4 is 9.64 Å². The molecule has 1 aromatic heterocycles. The van der Waals surface area contributed by atoms with Gasteiger partial charge in [-0.05, 0) is 77.3 Å². The zero-order valence-electron chi connectivity index (χ0n) is 21.2. The molecular weight excluding hydrogens is 431 g/mol. The third-order valence-electron chi connectivity index (χ3n) is 5.66. The van der Waals surface area contributed by atoms with E-state index in [0.717, 1.165) is 28.0 Å². The summed E-state index contributed by atoms with van der Waals surface area (Å²) in [6, 6.07) is 11.0. The van der Waals surface area contributed by atoms with E-state index >= 15 is 4.39 Å². The number of hydrogen-bond donors (Lipinski definition) is 0. The van der Waals surface area contributed by atoms with Crippen LogP contribution in [-0.4, -0.2) is 23.8 Å². The van der Waals surface area contributed by atoms with Crippen molar-refractivity contribution in [2.24, 2.45) is 0 Å². The SMILES string of the molecule is COc1c(C)cnc(CN(C(=O)OC(C)(C)C)c2cc(C)c(F)c(-c3ccccc3C)c2)c1C. The molecule has 0 atom stereocenters. The van der Waals surface area contributed by atoms with Gasteiger partial charge in [0, 0.05) is 28.6 Å². The predicted molar refractivity (Wildman–Crippen MR) is 134 cm³/mol. The number of pyridine rings is 1. The number of rotatable bonds is 5. The van der Waals surface area contributed by atoms with Crippen molar-refractivity contribution in [3.05, 3.63) is 76.4 Å². The molecule has 1 heterocycles. The molecule has 0 saturated heterocycles. The Labute approximate surface area is 201 Å². The number of methoxy groups -OCH3 is 1. The fraction of sp³-hybridized carbons (Fsp3) is 0.357. The zero-order valence-corrected chi connectivity index (χ0v) is 21.2. The van der Waals surface area contributed by atoms with Crippen molar-refractivity contribution in [1.29, 1.82) is 0 Å². The number of anilines is 1. The molecule has 0 aliphatic heterocycles. The summed E-state index contributed by atoms with van der Waals surface area (Å²) in [7, 11) is 1.61. The van der Waals surface area contributed by atoms with Gasteiger partial charge in [0.05, 0.1) is 19.3 Å². The van der Waals surface area contributed by atoms with Gasteiger partial charge in [0.15, 0.2) is 0 Å². The van der Waals surface area contributed by atoms with Crippen molar-refractivity contribution < 1.29 is 18.7 Å². The molecule has 0 bridgehead atoms. The van der Waals surface area contributed by atoms with E-state index in [1.165, 1.54) is 4.90 Å². The summed E-state index contributed by atoms with van der Waals surface area (Å²) in [5.74, 6) is 0.415. The zero-order chi connectivity index (χ0) is 25.2. The maximum atomic E-state index is 15.3. The van der Waals surface area contributed by atoms with Gasteiger partial charge in [-0.3, -0.25) is 9.88 Å². The van der Waals surface area contributed by atoms with E-state index < -0.39 is 11.7 Å². The largest absolute Gasteiger partial charge is 0.496 e. The van der Waals surface area contributed by atoms with E-state index in [4.69, 9.17) is 9.47 Å². The van der Waals surface area contributed by atoms with Crippen LogP contribution in [0, 0.1) is 33.5 Å². The standard InChI is InChI=1S/C28H33FN2O3/c1-17-11-9-10-12-22(17)23-14-21(13-18(2)25(23)29)31(27(32)34-28(5,6)7)16-24-20(4)26(33-8)19(3)15-30-24/h9-15H,16H2,1-8H3. The Hall–Kier alpha value is -3.41. The summed E-state index contributed by atoms with van der Waals surface area (Å²) in [5, 5.41) is 0. The van der Waals surface area contributed by atoms with Crippen molar-refractivity contribution in [1.82, 2.24) is 4.98 Å². The van der Waals surface area contributed by atoms with Gasteiger partial charge in [0.1, 0.15) is 17.2 Å². The lowest BCUT2D eigenvalue weighted by molar-refractivity contribution is 0.0577. The number of amides is 1. The Morgan fingerprint density at radius 1 is 1.00 bits per heavy atom. The molecule has 0 radical (unpaired) electrons. The average molecular weight is 465 g/mol. The normalized spacial score (nSPS) is 11.3. The summed E-state index contributed by atoms with van der Waals surface area (Å²) in [6.45, 7) is 13.1.